The molecule has 0 aliphatic carbocycles. The van der Waals surface area contributed by atoms with E-state index >= 15 is 0 Å². The molecule has 0 bridgehead atoms. The summed E-state index contributed by atoms with van der Waals surface area (Å²) in [6, 6.07) is 8.66. The minimum atomic E-state index is -0.367. The first-order valence-corrected chi connectivity index (χ1v) is 9.64. The number of nitrogens with one attached hydrogen (secondary N) is 1. The first kappa shape index (κ1) is 18.1. The number of aromatic nitrogens is 3. The summed E-state index contributed by atoms with van der Waals surface area (Å²) < 4.78 is 0.714. The standard InChI is InChI=1S/C16H12Cl2N4OS2/c1-9(14(23)20-13-8-11(17)2-3-12(13)18)24-16-22-21-15(25-16)10-4-6-19-7-5-10/h2-9H,1H3,(H,20,23). The molecule has 9 heteroatoms. The monoisotopic (exact) mass is 410 g/mol. The van der Waals surface area contributed by atoms with Gasteiger partial charge in [-0.3, -0.25) is 9.78 Å². The highest BCUT2D eigenvalue weighted by molar-refractivity contribution is 8.02. The van der Waals surface area contributed by atoms with Gasteiger partial charge < -0.3 is 5.32 Å². The van der Waals surface area contributed by atoms with Gasteiger partial charge >= 0.3 is 0 Å². The molecule has 3 aromatic rings. The Morgan fingerprint density at radius 1 is 1.20 bits per heavy atom. The molecule has 0 aliphatic rings. The van der Waals surface area contributed by atoms with Crippen molar-refractivity contribution in [2.45, 2.75) is 16.5 Å². The van der Waals surface area contributed by atoms with Gasteiger partial charge in [0.25, 0.3) is 0 Å². The van der Waals surface area contributed by atoms with Crippen LogP contribution in [-0.2, 0) is 4.79 Å². The zero-order chi connectivity index (χ0) is 17.8. The molecule has 25 heavy (non-hydrogen) atoms. The van der Waals surface area contributed by atoms with Crippen molar-refractivity contribution in [1.29, 1.82) is 0 Å². The predicted octanol–water partition coefficient (Wildman–Crippen LogP) is 5.03. The quantitative estimate of drug-likeness (QED) is 0.597. The van der Waals surface area contributed by atoms with Gasteiger partial charge in [-0.05, 0) is 37.3 Å². The van der Waals surface area contributed by atoms with E-state index < -0.39 is 0 Å². The van der Waals surface area contributed by atoms with E-state index in [1.54, 1.807) is 37.5 Å². The number of hydrogen-bond acceptors (Lipinski definition) is 6. The number of carbonyl (C=O) groups is 1. The fraction of sp³-hybridized carbons (Fsp3) is 0.125. The summed E-state index contributed by atoms with van der Waals surface area (Å²) in [5.41, 5.74) is 1.43. The summed E-state index contributed by atoms with van der Waals surface area (Å²) in [6.45, 7) is 1.80. The molecule has 2 heterocycles. The smallest absolute Gasteiger partial charge is 0.237 e. The number of rotatable bonds is 5. The van der Waals surface area contributed by atoms with Gasteiger partial charge in [-0.15, -0.1) is 10.2 Å². The molecule has 0 aliphatic heterocycles. The van der Waals surface area contributed by atoms with Crippen LogP contribution < -0.4 is 5.32 Å². The predicted molar refractivity (Wildman–Crippen MR) is 104 cm³/mol. The highest BCUT2D eigenvalue weighted by Gasteiger charge is 2.18. The number of nitrogens with zero attached hydrogens (tertiary/aromatic N) is 3. The van der Waals surface area contributed by atoms with Gasteiger partial charge in [0.05, 0.1) is 16.0 Å². The van der Waals surface area contributed by atoms with Crippen molar-refractivity contribution in [2.24, 2.45) is 0 Å². The van der Waals surface area contributed by atoms with E-state index in [1.807, 2.05) is 12.1 Å². The third-order valence-electron chi connectivity index (χ3n) is 3.17. The molecule has 1 unspecified atom stereocenters. The maximum atomic E-state index is 12.4. The first-order valence-electron chi connectivity index (χ1n) is 7.19. The zero-order valence-electron chi connectivity index (χ0n) is 12.9. The van der Waals surface area contributed by atoms with Crippen LogP contribution in [0, 0.1) is 0 Å². The average molecular weight is 411 g/mol. The Hall–Kier alpha value is -1.67. The SMILES string of the molecule is CC(Sc1nnc(-c2ccncc2)s1)C(=O)Nc1cc(Cl)ccc1Cl. The molecule has 3 rings (SSSR count). The summed E-state index contributed by atoms with van der Waals surface area (Å²) in [6.07, 6.45) is 3.41. The number of hydrogen-bond donors (Lipinski definition) is 1. The second-order valence-electron chi connectivity index (χ2n) is 4.98. The van der Waals surface area contributed by atoms with Crippen LogP contribution in [0.4, 0.5) is 5.69 Å². The van der Waals surface area contributed by atoms with Gasteiger partial charge in [0.15, 0.2) is 4.34 Å². The Morgan fingerprint density at radius 2 is 1.96 bits per heavy atom. The fourth-order valence-electron chi connectivity index (χ4n) is 1.90. The number of anilines is 1. The molecule has 128 valence electrons. The molecule has 1 atom stereocenters. The molecule has 0 saturated heterocycles. The third-order valence-corrected chi connectivity index (χ3v) is 5.89. The summed E-state index contributed by atoms with van der Waals surface area (Å²) in [7, 11) is 0. The number of carbonyl (C=O) groups excluding carboxylic acids is 1. The molecule has 5 nitrogen and oxygen atoms in total. The maximum Gasteiger partial charge on any atom is 0.237 e. The molecule has 0 fully saturated rings. The number of benzene rings is 1. The molecule has 1 amide bonds. The number of amides is 1. The van der Waals surface area contributed by atoms with Crippen LogP contribution in [0.3, 0.4) is 0 Å². The number of pyridine rings is 1. The zero-order valence-corrected chi connectivity index (χ0v) is 16.1. The van der Waals surface area contributed by atoms with E-state index in [1.165, 1.54) is 23.1 Å². The molecule has 0 saturated carbocycles. The molecule has 0 radical (unpaired) electrons. The van der Waals surface area contributed by atoms with Crippen molar-refractivity contribution in [1.82, 2.24) is 15.2 Å². The highest BCUT2D eigenvalue weighted by atomic mass is 35.5. The second-order valence-corrected chi connectivity index (χ2v) is 8.39. The summed E-state index contributed by atoms with van der Waals surface area (Å²) in [5.74, 6) is -0.185. The Balaban J connectivity index is 1.66. The summed E-state index contributed by atoms with van der Waals surface area (Å²) in [5, 5.41) is 12.4. The van der Waals surface area contributed by atoms with Crippen LogP contribution in [-0.4, -0.2) is 26.3 Å². The Kier molecular flexibility index (Phi) is 5.90. The molecular formula is C16H12Cl2N4OS2. The van der Waals surface area contributed by atoms with Crippen LogP contribution in [0.2, 0.25) is 10.0 Å². The number of thioether (sulfide) groups is 1. The highest BCUT2D eigenvalue weighted by Crippen LogP contribution is 2.32. The van der Waals surface area contributed by atoms with Crippen LogP contribution in [0.5, 0.6) is 0 Å². The minimum Gasteiger partial charge on any atom is -0.324 e. The third kappa shape index (κ3) is 4.70. The molecule has 1 aromatic carbocycles. The lowest BCUT2D eigenvalue weighted by molar-refractivity contribution is -0.115. The topological polar surface area (TPSA) is 67.8 Å². The van der Waals surface area contributed by atoms with Crippen LogP contribution in [0.15, 0.2) is 47.1 Å². The average Bonchev–Trinajstić information content (AvgIpc) is 3.07. The van der Waals surface area contributed by atoms with E-state index in [2.05, 4.69) is 20.5 Å². The normalized spacial score (nSPS) is 12.0. The fourth-order valence-corrected chi connectivity index (χ4v) is 4.24. The van der Waals surface area contributed by atoms with Gasteiger partial charge in [-0.2, -0.15) is 0 Å². The largest absolute Gasteiger partial charge is 0.324 e. The van der Waals surface area contributed by atoms with Crippen molar-refractivity contribution in [2.75, 3.05) is 5.32 Å². The van der Waals surface area contributed by atoms with Crippen molar-refractivity contribution in [3.05, 3.63) is 52.8 Å². The lowest BCUT2D eigenvalue weighted by Crippen LogP contribution is -2.22. The Morgan fingerprint density at radius 3 is 2.72 bits per heavy atom. The van der Waals surface area contributed by atoms with E-state index in [0.29, 0.717) is 20.1 Å². The Bertz CT molecular complexity index is 889. The van der Waals surface area contributed by atoms with Gasteiger partial charge in [-0.1, -0.05) is 46.3 Å². The minimum absolute atomic E-state index is 0.185. The van der Waals surface area contributed by atoms with Gasteiger partial charge in [0, 0.05) is 23.0 Å². The van der Waals surface area contributed by atoms with Crippen molar-refractivity contribution < 1.29 is 4.79 Å². The van der Waals surface area contributed by atoms with E-state index in [-0.39, 0.29) is 11.2 Å². The van der Waals surface area contributed by atoms with Crippen LogP contribution in [0.25, 0.3) is 10.6 Å². The Labute approximate surface area is 162 Å². The van der Waals surface area contributed by atoms with E-state index in [4.69, 9.17) is 23.2 Å². The van der Waals surface area contributed by atoms with Crippen molar-refractivity contribution in [3.8, 4) is 10.6 Å². The second kappa shape index (κ2) is 8.14. The summed E-state index contributed by atoms with van der Waals surface area (Å²) >= 11 is 14.8. The van der Waals surface area contributed by atoms with Crippen molar-refractivity contribution >= 4 is 57.9 Å². The first-order chi connectivity index (χ1) is 12.0. The number of halogens is 2. The van der Waals surface area contributed by atoms with Gasteiger partial charge in [0.1, 0.15) is 5.01 Å². The molecule has 1 N–H and O–H groups in total. The summed E-state index contributed by atoms with van der Waals surface area (Å²) in [4.78, 5) is 16.4. The van der Waals surface area contributed by atoms with Crippen LogP contribution >= 0.6 is 46.3 Å². The molecule has 2 aromatic heterocycles. The van der Waals surface area contributed by atoms with E-state index in [9.17, 15) is 4.79 Å². The maximum absolute atomic E-state index is 12.4. The van der Waals surface area contributed by atoms with Crippen LogP contribution in [0.1, 0.15) is 6.92 Å². The van der Waals surface area contributed by atoms with Crippen molar-refractivity contribution in [3.63, 3.8) is 0 Å². The van der Waals surface area contributed by atoms with Gasteiger partial charge in [-0.25, -0.2) is 0 Å². The lowest BCUT2D eigenvalue weighted by atomic mass is 10.3. The van der Waals surface area contributed by atoms with E-state index in [0.717, 1.165) is 10.6 Å². The molecule has 0 spiro atoms. The van der Waals surface area contributed by atoms with Gasteiger partial charge in [0.2, 0.25) is 5.91 Å². The lowest BCUT2D eigenvalue weighted by Gasteiger charge is -2.11. The molecular weight excluding hydrogens is 399 g/mol.